The van der Waals surface area contributed by atoms with Crippen molar-refractivity contribution < 1.29 is 14.6 Å². The van der Waals surface area contributed by atoms with Crippen molar-refractivity contribution in [2.24, 2.45) is 0 Å². The van der Waals surface area contributed by atoms with Crippen molar-refractivity contribution in [1.29, 1.82) is 0 Å². The van der Waals surface area contributed by atoms with Crippen molar-refractivity contribution in [1.82, 2.24) is 10.3 Å². The Morgan fingerprint density at radius 3 is 2.95 bits per heavy atom. The third-order valence-electron chi connectivity index (χ3n) is 3.00. The minimum absolute atomic E-state index is 0.0944. The third-order valence-corrected chi connectivity index (χ3v) is 4.39. The molecule has 2 heterocycles. The molecule has 0 radical (unpaired) electrons. The fraction of sp³-hybridized carbons (Fsp3) is 0.333. The largest absolute Gasteiger partial charge is 0.477 e. The lowest BCUT2D eigenvalue weighted by Crippen LogP contribution is -2.38. The number of nitrogens with one attached hydrogen (secondary N) is 1. The van der Waals surface area contributed by atoms with E-state index in [1.54, 1.807) is 6.92 Å². The van der Waals surface area contributed by atoms with Gasteiger partial charge in [0.15, 0.2) is 0 Å². The van der Waals surface area contributed by atoms with Crippen molar-refractivity contribution >= 4 is 28.8 Å². The number of carbonyl (C=O) groups is 1. The normalized spacial score (nSPS) is 13.5. The van der Waals surface area contributed by atoms with Crippen LogP contribution in [-0.2, 0) is 5.60 Å². The highest BCUT2D eigenvalue weighted by atomic mass is 35.5. The lowest BCUT2D eigenvalue weighted by Gasteiger charge is -2.22. The maximum Gasteiger partial charge on any atom is 0.253 e. The van der Waals surface area contributed by atoms with Gasteiger partial charge < -0.3 is 15.2 Å². The highest BCUT2D eigenvalue weighted by Crippen LogP contribution is 2.25. The Morgan fingerprint density at radius 1 is 1.59 bits per heavy atom. The first-order valence-corrected chi connectivity index (χ1v) is 8.02. The highest BCUT2D eigenvalue weighted by molar-refractivity contribution is 7.10. The average Bonchev–Trinajstić information content (AvgIpc) is 3.02. The predicted molar refractivity (Wildman–Crippen MR) is 86.6 cm³/mol. The van der Waals surface area contributed by atoms with E-state index in [1.807, 2.05) is 24.4 Å². The smallest absolute Gasteiger partial charge is 0.253 e. The highest BCUT2D eigenvalue weighted by Gasteiger charge is 2.25. The van der Waals surface area contributed by atoms with Gasteiger partial charge in [-0.3, -0.25) is 4.79 Å². The maximum absolute atomic E-state index is 12.1. The Balaban J connectivity index is 2.02. The van der Waals surface area contributed by atoms with Crippen molar-refractivity contribution in [3.05, 3.63) is 45.2 Å². The third kappa shape index (κ3) is 3.97. The lowest BCUT2D eigenvalue weighted by molar-refractivity contribution is 0.0556. The topological polar surface area (TPSA) is 71.5 Å². The number of hydrogen-bond donors (Lipinski definition) is 2. The molecule has 22 heavy (non-hydrogen) atoms. The second-order valence-corrected chi connectivity index (χ2v) is 6.23. The van der Waals surface area contributed by atoms with Crippen LogP contribution in [0.4, 0.5) is 0 Å². The molecule has 2 aromatic heterocycles. The van der Waals surface area contributed by atoms with Crippen LogP contribution in [0.25, 0.3) is 0 Å². The fourth-order valence-electron chi connectivity index (χ4n) is 1.82. The number of aliphatic hydroxyl groups is 1. The number of aromatic nitrogens is 1. The summed E-state index contributed by atoms with van der Waals surface area (Å²) in [6.45, 7) is 4.02. The van der Waals surface area contributed by atoms with Crippen LogP contribution in [-0.4, -0.2) is 29.1 Å². The van der Waals surface area contributed by atoms with Gasteiger partial charge in [-0.1, -0.05) is 17.7 Å². The van der Waals surface area contributed by atoms with Crippen LogP contribution >= 0.6 is 22.9 Å². The Labute approximate surface area is 137 Å². The molecule has 5 nitrogen and oxygen atoms in total. The van der Waals surface area contributed by atoms with Crippen molar-refractivity contribution in [3.8, 4) is 5.88 Å². The molecule has 1 unspecified atom stereocenters. The Kier molecular flexibility index (Phi) is 5.39. The molecule has 1 atom stereocenters. The zero-order valence-corrected chi connectivity index (χ0v) is 13.9. The number of amides is 1. The standard InChI is InChI=1S/C15H17ClN2O3S/c1-3-21-14-11(16)7-10(8-17-14)13(19)18-9-15(2,20)12-5-4-6-22-12/h4-8,20H,3,9H2,1-2H3,(H,18,19). The summed E-state index contributed by atoms with van der Waals surface area (Å²) in [7, 11) is 0. The summed E-state index contributed by atoms with van der Waals surface area (Å²) in [6.07, 6.45) is 1.39. The zero-order valence-electron chi connectivity index (χ0n) is 12.3. The summed E-state index contributed by atoms with van der Waals surface area (Å²) >= 11 is 7.44. The van der Waals surface area contributed by atoms with Gasteiger partial charge in [0.1, 0.15) is 10.6 Å². The molecule has 2 rings (SSSR count). The van der Waals surface area contributed by atoms with Crippen LogP contribution in [0.15, 0.2) is 29.8 Å². The first-order valence-electron chi connectivity index (χ1n) is 6.77. The summed E-state index contributed by atoms with van der Waals surface area (Å²) in [6, 6.07) is 5.17. The van der Waals surface area contributed by atoms with Gasteiger partial charge in [0.2, 0.25) is 5.88 Å². The molecule has 118 valence electrons. The molecule has 2 aromatic rings. The van der Waals surface area contributed by atoms with Crippen LogP contribution in [0.5, 0.6) is 5.88 Å². The molecule has 0 fully saturated rings. The molecule has 0 aliphatic heterocycles. The van der Waals surface area contributed by atoms with Crippen molar-refractivity contribution in [2.45, 2.75) is 19.4 Å². The second kappa shape index (κ2) is 7.09. The van der Waals surface area contributed by atoms with E-state index in [0.717, 1.165) is 4.88 Å². The monoisotopic (exact) mass is 340 g/mol. The molecule has 7 heteroatoms. The Hall–Kier alpha value is -1.63. The van der Waals surface area contributed by atoms with E-state index in [0.29, 0.717) is 18.1 Å². The SMILES string of the molecule is CCOc1ncc(C(=O)NCC(C)(O)c2cccs2)cc1Cl. The molecule has 0 saturated heterocycles. The molecule has 0 spiro atoms. The van der Waals surface area contributed by atoms with Gasteiger partial charge in [0.25, 0.3) is 5.91 Å². The number of nitrogens with zero attached hydrogens (tertiary/aromatic N) is 1. The molecule has 0 bridgehead atoms. The van der Waals surface area contributed by atoms with Gasteiger partial charge in [-0.25, -0.2) is 4.98 Å². The van der Waals surface area contributed by atoms with Crippen LogP contribution < -0.4 is 10.1 Å². The van der Waals surface area contributed by atoms with Gasteiger partial charge in [-0.2, -0.15) is 0 Å². The number of ether oxygens (including phenoxy) is 1. The van der Waals surface area contributed by atoms with Crippen LogP contribution in [0.3, 0.4) is 0 Å². The average molecular weight is 341 g/mol. The van der Waals surface area contributed by atoms with Crippen molar-refractivity contribution in [2.75, 3.05) is 13.2 Å². The van der Waals surface area contributed by atoms with Gasteiger partial charge in [0, 0.05) is 11.1 Å². The number of carbonyl (C=O) groups excluding carboxylic acids is 1. The van der Waals surface area contributed by atoms with E-state index in [9.17, 15) is 9.90 Å². The van der Waals surface area contributed by atoms with E-state index in [1.165, 1.54) is 23.6 Å². The second-order valence-electron chi connectivity index (χ2n) is 4.88. The van der Waals surface area contributed by atoms with Gasteiger partial charge in [0.05, 0.1) is 18.7 Å². The first kappa shape index (κ1) is 16.7. The molecule has 0 aromatic carbocycles. The van der Waals surface area contributed by atoms with Gasteiger partial charge in [-0.05, 0) is 31.4 Å². The minimum atomic E-state index is -1.12. The van der Waals surface area contributed by atoms with E-state index < -0.39 is 5.60 Å². The molecular formula is C15H17ClN2O3S. The number of rotatable bonds is 6. The summed E-state index contributed by atoms with van der Waals surface area (Å²) in [5.41, 5.74) is -0.804. The summed E-state index contributed by atoms with van der Waals surface area (Å²) in [4.78, 5) is 16.9. The molecule has 0 saturated carbocycles. The molecule has 1 amide bonds. The fourth-order valence-corrected chi connectivity index (χ4v) is 2.83. The summed E-state index contributed by atoms with van der Waals surface area (Å²) in [5.74, 6) is -0.0550. The number of pyridine rings is 1. The van der Waals surface area contributed by atoms with Crippen LogP contribution in [0.2, 0.25) is 5.02 Å². The predicted octanol–water partition coefficient (Wildman–Crippen LogP) is 2.83. The molecule has 0 aliphatic carbocycles. The van der Waals surface area contributed by atoms with Crippen LogP contribution in [0, 0.1) is 0 Å². The van der Waals surface area contributed by atoms with E-state index >= 15 is 0 Å². The van der Waals surface area contributed by atoms with E-state index in [-0.39, 0.29) is 17.5 Å². The number of hydrogen-bond acceptors (Lipinski definition) is 5. The summed E-state index contributed by atoms with van der Waals surface area (Å²) < 4.78 is 5.22. The number of halogens is 1. The lowest BCUT2D eigenvalue weighted by atomic mass is 10.1. The zero-order chi connectivity index (χ0) is 16.2. The summed E-state index contributed by atoms with van der Waals surface area (Å²) in [5, 5.41) is 15.2. The van der Waals surface area contributed by atoms with E-state index in [4.69, 9.17) is 16.3 Å². The Morgan fingerprint density at radius 2 is 2.36 bits per heavy atom. The van der Waals surface area contributed by atoms with Gasteiger partial charge in [-0.15, -0.1) is 11.3 Å². The van der Waals surface area contributed by atoms with Crippen molar-refractivity contribution in [3.63, 3.8) is 0 Å². The van der Waals surface area contributed by atoms with E-state index in [2.05, 4.69) is 10.3 Å². The quantitative estimate of drug-likeness (QED) is 0.848. The number of thiophene rings is 1. The minimum Gasteiger partial charge on any atom is -0.477 e. The first-order chi connectivity index (χ1) is 10.4. The molecule has 0 aliphatic rings. The Bertz CT molecular complexity index is 644. The van der Waals surface area contributed by atoms with Crippen LogP contribution in [0.1, 0.15) is 29.1 Å². The van der Waals surface area contributed by atoms with Gasteiger partial charge >= 0.3 is 0 Å². The maximum atomic E-state index is 12.1. The molecular weight excluding hydrogens is 324 g/mol. The molecule has 2 N–H and O–H groups in total.